The fourth-order valence-corrected chi connectivity index (χ4v) is 3.03. The van der Waals surface area contributed by atoms with Crippen LogP contribution in [0.1, 0.15) is 25.6 Å². The van der Waals surface area contributed by atoms with E-state index in [1.807, 2.05) is 0 Å². The van der Waals surface area contributed by atoms with Crippen molar-refractivity contribution in [1.29, 1.82) is 0 Å². The molecule has 1 aliphatic carbocycles. The lowest BCUT2D eigenvalue weighted by atomic mass is 10.1. The molecular formula is C14H16N2O4S. The van der Waals surface area contributed by atoms with Gasteiger partial charge in [0.2, 0.25) is 0 Å². The SMILES string of the molecule is CCOC(=O)C1(c2nc3ccc(S(C)(=O)=O)cc3[nH]2)CC1. The summed E-state index contributed by atoms with van der Waals surface area (Å²) in [4.78, 5) is 19.8. The highest BCUT2D eigenvalue weighted by atomic mass is 32.2. The first-order valence-electron chi connectivity index (χ1n) is 6.74. The topological polar surface area (TPSA) is 89.1 Å². The molecule has 21 heavy (non-hydrogen) atoms. The van der Waals surface area contributed by atoms with Crippen LogP contribution < -0.4 is 0 Å². The van der Waals surface area contributed by atoms with Crippen LogP contribution in [-0.4, -0.2) is 37.2 Å². The third-order valence-electron chi connectivity index (χ3n) is 3.75. The Bertz CT molecular complexity index is 819. The van der Waals surface area contributed by atoms with Gasteiger partial charge in [-0.25, -0.2) is 13.4 Å². The first kappa shape index (κ1) is 14.1. The van der Waals surface area contributed by atoms with Crippen molar-refractivity contribution in [2.75, 3.05) is 12.9 Å². The minimum absolute atomic E-state index is 0.228. The van der Waals surface area contributed by atoms with Crippen molar-refractivity contribution in [3.8, 4) is 0 Å². The van der Waals surface area contributed by atoms with Gasteiger partial charge in [0.15, 0.2) is 9.84 Å². The lowest BCUT2D eigenvalue weighted by Crippen LogP contribution is -2.24. The van der Waals surface area contributed by atoms with E-state index in [0.29, 0.717) is 36.3 Å². The number of imidazole rings is 1. The first-order valence-corrected chi connectivity index (χ1v) is 8.63. The molecule has 0 unspecified atom stereocenters. The van der Waals surface area contributed by atoms with Gasteiger partial charge in [-0.1, -0.05) is 0 Å². The van der Waals surface area contributed by atoms with Gasteiger partial charge in [0.1, 0.15) is 11.2 Å². The molecule has 1 saturated carbocycles. The maximum atomic E-state index is 12.1. The quantitative estimate of drug-likeness (QED) is 0.866. The largest absolute Gasteiger partial charge is 0.465 e. The average molecular weight is 308 g/mol. The summed E-state index contributed by atoms with van der Waals surface area (Å²) >= 11 is 0. The third kappa shape index (κ3) is 2.31. The lowest BCUT2D eigenvalue weighted by molar-refractivity contribution is -0.146. The van der Waals surface area contributed by atoms with Crippen LogP contribution in [-0.2, 0) is 24.8 Å². The summed E-state index contributed by atoms with van der Waals surface area (Å²) in [6, 6.07) is 4.71. The van der Waals surface area contributed by atoms with Gasteiger partial charge in [0.25, 0.3) is 0 Å². The zero-order valence-electron chi connectivity index (χ0n) is 11.8. The van der Waals surface area contributed by atoms with Crippen molar-refractivity contribution in [2.24, 2.45) is 0 Å². The van der Waals surface area contributed by atoms with Crippen LogP contribution in [0.3, 0.4) is 0 Å². The molecular weight excluding hydrogens is 292 g/mol. The standard InChI is InChI=1S/C14H16N2O4S/c1-3-20-13(17)14(6-7-14)12-15-10-5-4-9(21(2,18)19)8-11(10)16-12/h4-5,8H,3,6-7H2,1-2H3,(H,15,16). The van der Waals surface area contributed by atoms with Gasteiger partial charge in [0, 0.05) is 6.26 Å². The van der Waals surface area contributed by atoms with E-state index >= 15 is 0 Å². The highest BCUT2D eigenvalue weighted by Gasteiger charge is 2.55. The summed E-state index contributed by atoms with van der Waals surface area (Å²) < 4.78 is 28.3. The fraction of sp³-hybridized carbons (Fsp3) is 0.429. The van der Waals surface area contributed by atoms with Crippen molar-refractivity contribution < 1.29 is 17.9 Å². The number of rotatable bonds is 4. The van der Waals surface area contributed by atoms with E-state index in [2.05, 4.69) is 9.97 Å². The molecule has 1 aromatic heterocycles. The van der Waals surface area contributed by atoms with E-state index in [0.717, 1.165) is 6.26 Å². The van der Waals surface area contributed by atoms with E-state index in [4.69, 9.17) is 4.74 Å². The van der Waals surface area contributed by atoms with E-state index < -0.39 is 15.3 Å². The van der Waals surface area contributed by atoms with Crippen LogP contribution in [0.2, 0.25) is 0 Å². The van der Waals surface area contributed by atoms with Gasteiger partial charge in [-0.15, -0.1) is 0 Å². The average Bonchev–Trinajstić information content (AvgIpc) is 3.11. The van der Waals surface area contributed by atoms with Crippen LogP contribution in [0.15, 0.2) is 23.1 Å². The Labute approximate surface area is 122 Å². The normalized spacial score (nSPS) is 16.9. The zero-order chi connectivity index (χ0) is 15.3. The van der Waals surface area contributed by atoms with E-state index in [-0.39, 0.29) is 10.9 Å². The molecule has 0 bridgehead atoms. The molecule has 1 aliphatic rings. The maximum Gasteiger partial charge on any atom is 0.319 e. The summed E-state index contributed by atoms with van der Waals surface area (Å²) in [5.41, 5.74) is 0.580. The fourth-order valence-electron chi connectivity index (χ4n) is 2.38. The Morgan fingerprint density at radius 3 is 2.71 bits per heavy atom. The number of hydrogen-bond acceptors (Lipinski definition) is 5. The van der Waals surface area contributed by atoms with Crippen LogP contribution >= 0.6 is 0 Å². The van der Waals surface area contributed by atoms with Crippen LogP contribution in [0, 0.1) is 0 Å². The number of carbonyl (C=O) groups is 1. The second-order valence-electron chi connectivity index (χ2n) is 5.34. The van der Waals surface area contributed by atoms with E-state index in [9.17, 15) is 13.2 Å². The molecule has 2 aromatic rings. The number of nitrogens with one attached hydrogen (secondary N) is 1. The number of esters is 1. The number of H-pyrrole nitrogens is 1. The number of hydrogen-bond donors (Lipinski definition) is 1. The molecule has 3 rings (SSSR count). The van der Waals surface area contributed by atoms with Gasteiger partial charge in [-0.2, -0.15) is 0 Å². The molecule has 0 saturated heterocycles. The van der Waals surface area contributed by atoms with Gasteiger partial charge in [0.05, 0.1) is 22.5 Å². The molecule has 1 fully saturated rings. The third-order valence-corrected chi connectivity index (χ3v) is 4.86. The Hall–Kier alpha value is -1.89. The Kier molecular flexibility index (Phi) is 3.05. The number of benzene rings is 1. The molecule has 0 amide bonds. The number of carbonyl (C=O) groups excluding carboxylic acids is 1. The van der Waals surface area contributed by atoms with Crippen molar-refractivity contribution in [1.82, 2.24) is 9.97 Å². The van der Waals surface area contributed by atoms with Gasteiger partial charge >= 0.3 is 5.97 Å². The molecule has 1 aromatic carbocycles. The Balaban J connectivity index is 2.04. The van der Waals surface area contributed by atoms with Crippen LogP contribution in [0.4, 0.5) is 0 Å². The number of aromatic amines is 1. The van der Waals surface area contributed by atoms with E-state index in [1.54, 1.807) is 19.1 Å². The predicted molar refractivity (Wildman–Crippen MR) is 76.7 cm³/mol. The van der Waals surface area contributed by atoms with Crippen LogP contribution in [0.5, 0.6) is 0 Å². The highest BCUT2D eigenvalue weighted by Crippen LogP contribution is 2.48. The summed E-state index contributed by atoms with van der Waals surface area (Å²) in [6.07, 6.45) is 2.56. The first-order chi connectivity index (χ1) is 9.87. The van der Waals surface area contributed by atoms with E-state index in [1.165, 1.54) is 6.07 Å². The lowest BCUT2D eigenvalue weighted by Gasteiger charge is -2.10. The van der Waals surface area contributed by atoms with Crippen molar-refractivity contribution >= 4 is 26.8 Å². The van der Waals surface area contributed by atoms with Crippen molar-refractivity contribution in [3.63, 3.8) is 0 Å². The number of sulfone groups is 1. The molecule has 7 heteroatoms. The molecule has 0 spiro atoms. The number of ether oxygens (including phenoxy) is 1. The zero-order valence-corrected chi connectivity index (χ0v) is 12.7. The van der Waals surface area contributed by atoms with Crippen molar-refractivity contribution in [2.45, 2.75) is 30.1 Å². The minimum atomic E-state index is -3.27. The number of aromatic nitrogens is 2. The summed E-state index contributed by atoms with van der Waals surface area (Å²) in [7, 11) is -3.27. The molecule has 0 atom stereocenters. The summed E-state index contributed by atoms with van der Waals surface area (Å²) in [6.45, 7) is 2.10. The molecule has 0 aliphatic heterocycles. The highest BCUT2D eigenvalue weighted by molar-refractivity contribution is 7.90. The predicted octanol–water partition coefficient (Wildman–Crippen LogP) is 1.56. The minimum Gasteiger partial charge on any atom is -0.465 e. The summed E-state index contributed by atoms with van der Waals surface area (Å²) in [5, 5.41) is 0. The monoisotopic (exact) mass is 308 g/mol. The van der Waals surface area contributed by atoms with Gasteiger partial charge in [-0.3, -0.25) is 4.79 Å². The molecule has 6 nitrogen and oxygen atoms in total. The Morgan fingerprint density at radius 2 is 2.14 bits per heavy atom. The van der Waals surface area contributed by atoms with Gasteiger partial charge < -0.3 is 9.72 Å². The summed E-state index contributed by atoms with van der Waals surface area (Å²) in [5.74, 6) is 0.286. The maximum absolute atomic E-state index is 12.1. The second-order valence-corrected chi connectivity index (χ2v) is 7.35. The Morgan fingerprint density at radius 1 is 1.43 bits per heavy atom. The molecule has 1 N–H and O–H groups in total. The number of fused-ring (bicyclic) bond motifs is 1. The second kappa shape index (κ2) is 4.56. The number of nitrogens with zero attached hydrogens (tertiary/aromatic N) is 1. The molecule has 0 radical (unpaired) electrons. The van der Waals surface area contributed by atoms with Crippen LogP contribution in [0.25, 0.3) is 11.0 Å². The van der Waals surface area contributed by atoms with Crippen molar-refractivity contribution in [3.05, 3.63) is 24.0 Å². The molecule has 1 heterocycles. The molecule has 112 valence electrons. The van der Waals surface area contributed by atoms with Gasteiger partial charge in [-0.05, 0) is 38.0 Å². The smallest absolute Gasteiger partial charge is 0.319 e.